The molecule has 0 atom stereocenters. The second-order valence-corrected chi connectivity index (χ2v) is 5.31. The Labute approximate surface area is 79.6 Å². The van der Waals surface area contributed by atoms with Gasteiger partial charge in [0, 0.05) is 6.54 Å². The Morgan fingerprint density at radius 1 is 1.31 bits per heavy atom. The highest BCUT2D eigenvalue weighted by Crippen LogP contribution is 2.31. The average Bonchev–Trinajstić information content (AvgIpc) is 2.03. The predicted molar refractivity (Wildman–Crippen MR) is 50.8 cm³/mol. The molecule has 0 saturated heterocycles. The second kappa shape index (κ2) is 3.94. The second-order valence-electron chi connectivity index (χ2n) is 3.74. The van der Waals surface area contributed by atoms with Crippen LogP contribution in [-0.2, 0) is 14.3 Å². The molecule has 5 heteroatoms. The van der Waals surface area contributed by atoms with Gasteiger partial charge in [0.05, 0.1) is 11.9 Å². The lowest BCUT2D eigenvalue weighted by molar-refractivity contribution is 0.0466. The molecule has 1 rings (SSSR count). The van der Waals surface area contributed by atoms with Crippen molar-refractivity contribution in [3.05, 3.63) is 0 Å². The van der Waals surface area contributed by atoms with Crippen molar-refractivity contribution in [2.45, 2.75) is 37.7 Å². The molecule has 0 aromatic rings. The van der Waals surface area contributed by atoms with E-state index in [4.69, 9.17) is 9.92 Å². The van der Waals surface area contributed by atoms with Crippen molar-refractivity contribution in [2.24, 2.45) is 5.73 Å². The molecule has 4 nitrogen and oxygen atoms in total. The van der Waals surface area contributed by atoms with Crippen LogP contribution < -0.4 is 5.73 Å². The summed E-state index contributed by atoms with van der Waals surface area (Å²) in [5.74, 6) is 0. The minimum Gasteiger partial charge on any atom is -0.328 e. The van der Waals surface area contributed by atoms with E-state index in [0.29, 0.717) is 6.54 Å². The minimum absolute atomic E-state index is 0.292. The first-order valence-corrected chi connectivity index (χ1v) is 6.40. The van der Waals surface area contributed by atoms with Gasteiger partial charge in [-0.3, -0.25) is 4.18 Å². The van der Waals surface area contributed by atoms with Gasteiger partial charge in [0.1, 0.15) is 0 Å². The Bertz CT molecular complexity index is 255. The Morgan fingerprint density at radius 3 is 2.23 bits per heavy atom. The molecule has 0 radical (unpaired) electrons. The topological polar surface area (TPSA) is 69.4 Å². The quantitative estimate of drug-likeness (QED) is 0.689. The summed E-state index contributed by atoms with van der Waals surface area (Å²) in [7, 11) is -3.37. The maximum absolute atomic E-state index is 11.0. The van der Waals surface area contributed by atoms with Crippen molar-refractivity contribution in [1.82, 2.24) is 0 Å². The van der Waals surface area contributed by atoms with Gasteiger partial charge >= 0.3 is 0 Å². The molecular formula is C8H17NO3S. The summed E-state index contributed by atoms with van der Waals surface area (Å²) in [5.41, 5.74) is 4.95. The van der Waals surface area contributed by atoms with Gasteiger partial charge in [-0.25, -0.2) is 0 Å². The summed E-state index contributed by atoms with van der Waals surface area (Å²) in [6, 6.07) is 0. The van der Waals surface area contributed by atoms with Gasteiger partial charge in [-0.1, -0.05) is 19.3 Å². The molecule has 13 heavy (non-hydrogen) atoms. The Morgan fingerprint density at radius 2 is 1.85 bits per heavy atom. The third-order valence-corrected chi connectivity index (χ3v) is 3.12. The van der Waals surface area contributed by atoms with Crippen LogP contribution >= 0.6 is 0 Å². The van der Waals surface area contributed by atoms with E-state index in [1.165, 1.54) is 0 Å². The van der Waals surface area contributed by atoms with Crippen LogP contribution in [0.1, 0.15) is 32.1 Å². The molecule has 0 aromatic carbocycles. The number of nitrogens with two attached hydrogens (primary N) is 1. The molecule has 0 aromatic heterocycles. The van der Waals surface area contributed by atoms with Crippen LogP contribution in [0.4, 0.5) is 0 Å². The first-order valence-electron chi connectivity index (χ1n) is 4.58. The molecule has 0 aliphatic heterocycles. The molecule has 0 bridgehead atoms. The first-order chi connectivity index (χ1) is 5.97. The van der Waals surface area contributed by atoms with Crippen LogP contribution in [0.5, 0.6) is 0 Å². The van der Waals surface area contributed by atoms with E-state index in [1.807, 2.05) is 0 Å². The Balaban J connectivity index is 2.68. The summed E-state index contributed by atoms with van der Waals surface area (Å²) >= 11 is 0. The van der Waals surface area contributed by atoms with Crippen LogP contribution in [0.3, 0.4) is 0 Å². The maximum Gasteiger partial charge on any atom is 0.264 e. The average molecular weight is 207 g/mol. The SMILES string of the molecule is CS(=O)(=O)OC1(CN)CCCCC1. The molecule has 1 fully saturated rings. The zero-order valence-electron chi connectivity index (χ0n) is 7.95. The minimum atomic E-state index is -3.37. The van der Waals surface area contributed by atoms with Crippen LogP contribution in [0.15, 0.2) is 0 Å². The van der Waals surface area contributed by atoms with E-state index in [-0.39, 0.29) is 0 Å². The van der Waals surface area contributed by atoms with Crippen molar-refractivity contribution < 1.29 is 12.6 Å². The largest absolute Gasteiger partial charge is 0.328 e. The van der Waals surface area contributed by atoms with Crippen molar-refractivity contribution in [3.8, 4) is 0 Å². The molecule has 0 amide bonds. The highest BCUT2D eigenvalue weighted by Gasteiger charge is 2.34. The monoisotopic (exact) mass is 207 g/mol. The van der Waals surface area contributed by atoms with Gasteiger partial charge in [0.2, 0.25) is 0 Å². The summed E-state index contributed by atoms with van der Waals surface area (Å²) in [6.07, 6.45) is 5.76. The zero-order chi connectivity index (χ0) is 9.95. The van der Waals surface area contributed by atoms with Crippen LogP contribution in [-0.4, -0.2) is 26.8 Å². The molecule has 1 aliphatic carbocycles. The third-order valence-electron chi connectivity index (χ3n) is 2.46. The smallest absolute Gasteiger partial charge is 0.264 e. The lowest BCUT2D eigenvalue weighted by atomic mass is 9.85. The number of hydrogen-bond acceptors (Lipinski definition) is 4. The van der Waals surface area contributed by atoms with E-state index in [0.717, 1.165) is 38.4 Å². The third kappa shape index (κ3) is 3.25. The highest BCUT2D eigenvalue weighted by atomic mass is 32.2. The fraction of sp³-hybridized carbons (Fsp3) is 1.00. The summed E-state index contributed by atoms with van der Waals surface area (Å²) in [4.78, 5) is 0. The lowest BCUT2D eigenvalue weighted by Crippen LogP contribution is -2.43. The molecule has 0 spiro atoms. The standard InChI is InChI=1S/C8H17NO3S/c1-13(10,11)12-8(7-9)5-3-2-4-6-8/h2-7,9H2,1H3. The fourth-order valence-corrected chi connectivity index (χ4v) is 2.72. The molecule has 2 N–H and O–H groups in total. The van der Waals surface area contributed by atoms with Gasteiger partial charge in [-0.2, -0.15) is 8.42 Å². The molecule has 78 valence electrons. The van der Waals surface area contributed by atoms with Crippen molar-refractivity contribution >= 4 is 10.1 Å². The van der Waals surface area contributed by atoms with Crippen LogP contribution in [0.25, 0.3) is 0 Å². The molecule has 0 unspecified atom stereocenters. The van der Waals surface area contributed by atoms with Crippen LogP contribution in [0.2, 0.25) is 0 Å². The van der Waals surface area contributed by atoms with Gasteiger partial charge in [-0.15, -0.1) is 0 Å². The van der Waals surface area contributed by atoms with Gasteiger partial charge in [-0.05, 0) is 12.8 Å². The first kappa shape index (κ1) is 10.9. The number of rotatable bonds is 3. The van der Waals surface area contributed by atoms with Gasteiger partial charge in [0.25, 0.3) is 10.1 Å². The molecule has 1 aliphatic rings. The Kier molecular flexibility index (Phi) is 3.32. The summed E-state index contributed by atoms with van der Waals surface area (Å²) < 4.78 is 27.0. The van der Waals surface area contributed by atoms with Crippen LogP contribution in [0, 0.1) is 0 Å². The van der Waals surface area contributed by atoms with E-state index in [1.54, 1.807) is 0 Å². The van der Waals surface area contributed by atoms with E-state index >= 15 is 0 Å². The molecule has 1 saturated carbocycles. The van der Waals surface area contributed by atoms with E-state index in [2.05, 4.69) is 0 Å². The molecule has 0 heterocycles. The fourth-order valence-electron chi connectivity index (χ4n) is 1.84. The number of hydrogen-bond donors (Lipinski definition) is 1. The summed E-state index contributed by atoms with van der Waals surface area (Å²) in [5, 5.41) is 0. The van der Waals surface area contributed by atoms with Crippen molar-refractivity contribution in [2.75, 3.05) is 12.8 Å². The maximum atomic E-state index is 11.0. The van der Waals surface area contributed by atoms with Gasteiger partial charge < -0.3 is 5.73 Å². The predicted octanol–water partition coefficient (Wildman–Crippen LogP) is 0.624. The summed E-state index contributed by atoms with van der Waals surface area (Å²) in [6.45, 7) is 0.292. The van der Waals surface area contributed by atoms with Crippen molar-refractivity contribution in [3.63, 3.8) is 0 Å². The van der Waals surface area contributed by atoms with E-state index in [9.17, 15) is 8.42 Å². The molecular weight excluding hydrogens is 190 g/mol. The van der Waals surface area contributed by atoms with Gasteiger partial charge in [0.15, 0.2) is 0 Å². The highest BCUT2D eigenvalue weighted by molar-refractivity contribution is 7.86. The normalized spacial score (nSPS) is 22.9. The van der Waals surface area contributed by atoms with E-state index < -0.39 is 15.7 Å². The lowest BCUT2D eigenvalue weighted by Gasteiger charge is -2.34. The zero-order valence-corrected chi connectivity index (χ0v) is 8.77. The Hall–Kier alpha value is -0.130. The van der Waals surface area contributed by atoms with Crippen molar-refractivity contribution in [1.29, 1.82) is 0 Å².